The van der Waals surface area contributed by atoms with Crippen LogP contribution in [0.5, 0.6) is 0 Å². The molecule has 0 saturated carbocycles. The molecule has 0 unspecified atom stereocenters. The van der Waals surface area contributed by atoms with Crippen molar-refractivity contribution in [1.82, 2.24) is 9.97 Å². The van der Waals surface area contributed by atoms with Crippen molar-refractivity contribution in [3.8, 4) is 0 Å². The fourth-order valence-corrected chi connectivity index (χ4v) is 3.98. The van der Waals surface area contributed by atoms with E-state index in [0.717, 1.165) is 42.3 Å². The Labute approximate surface area is 182 Å². The third-order valence-corrected chi connectivity index (χ3v) is 5.48. The lowest BCUT2D eigenvalue weighted by Gasteiger charge is -2.32. The van der Waals surface area contributed by atoms with Crippen LogP contribution in [0.1, 0.15) is 12.0 Å². The van der Waals surface area contributed by atoms with Crippen molar-refractivity contribution in [3.05, 3.63) is 96.8 Å². The van der Waals surface area contributed by atoms with Crippen molar-refractivity contribution in [3.63, 3.8) is 0 Å². The molecule has 0 bridgehead atoms. The summed E-state index contributed by atoms with van der Waals surface area (Å²) in [5, 5.41) is 1.98. The summed E-state index contributed by atoms with van der Waals surface area (Å²) in [6.07, 6.45) is 3.70. The van der Waals surface area contributed by atoms with E-state index >= 15 is 0 Å². The van der Waals surface area contributed by atoms with Gasteiger partial charge in [0.05, 0.1) is 11.4 Å². The number of hydrogen-bond donors (Lipinski definition) is 2. The molecule has 1 aliphatic rings. The van der Waals surface area contributed by atoms with Gasteiger partial charge < -0.3 is 10.6 Å². The number of fused-ring (bicyclic) bond motifs is 1. The highest BCUT2D eigenvalue weighted by molar-refractivity contribution is 5.82. The molecule has 6 heteroatoms. The van der Waals surface area contributed by atoms with Gasteiger partial charge in [-0.3, -0.25) is 10.4 Å². The number of benzene rings is 3. The van der Waals surface area contributed by atoms with Crippen LogP contribution >= 0.6 is 0 Å². The van der Waals surface area contributed by atoms with E-state index in [2.05, 4.69) is 44.6 Å². The Balaban J connectivity index is 1.53. The van der Waals surface area contributed by atoms with Gasteiger partial charge in [0.2, 0.25) is 0 Å². The topological polar surface area (TPSA) is 70.3 Å². The van der Waals surface area contributed by atoms with Crippen molar-refractivity contribution in [2.75, 3.05) is 27.6 Å². The second kappa shape index (κ2) is 8.36. The average Bonchev–Trinajstić information content (AvgIpc) is 2.84. The third kappa shape index (κ3) is 3.75. The molecule has 2 heterocycles. The van der Waals surface area contributed by atoms with Gasteiger partial charge >= 0.3 is 0 Å². The number of hydrazine groups is 1. The summed E-state index contributed by atoms with van der Waals surface area (Å²) in [6, 6.07) is 28.6. The van der Waals surface area contributed by atoms with E-state index in [1.807, 2.05) is 65.7 Å². The van der Waals surface area contributed by atoms with Gasteiger partial charge in [-0.05, 0) is 48.7 Å². The number of nitrogen functional groups attached to an aromatic ring is 1. The normalized spacial score (nSPS) is 12.8. The van der Waals surface area contributed by atoms with Crippen molar-refractivity contribution in [2.24, 2.45) is 0 Å². The first-order chi connectivity index (χ1) is 15.3. The smallest absolute Gasteiger partial charge is 0.173 e. The SMILES string of the molecule is Nc1c(NN(c2ccccc2)c2ccccc2)ncnc1N1CCCc2ccccc21. The largest absolute Gasteiger partial charge is 0.393 e. The van der Waals surface area contributed by atoms with E-state index < -0.39 is 0 Å². The molecule has 4 aromatic rings. The maximum absolute atomic E-state index is 6.62. The Bertz CT molecular complexity index is 1120. The zero-order valence-corrected chi connectivity index (χ0v) is 17.1. The highest BCUT2D eigenvalue weighted by Gasteiger charge is 2.23. The molecular formula is C25H24N6. The van der Waals surface area contributed by atoms with Crippen molar-refractivity contribution in [1.29, 1.82) is 0 Å². The van der Waals surface area contributed by atoms with Crippen molar-refractivity contribution >= 4 is 34.4 Å². The number of aryl methyl sites for hydroxylation is 1. The van der Waals surface area contributed by atoms with E-state index in [1.165, 1.54) is 5.56 Å². The molecule has 31 heavy (non-hydrogen) atoms. The Morgan fingerprint density at radius 1 is 0.806 bits per heavy atom. The van der Waals surface area contributed by atoms with Crippen LogP contribution in [-0.2, 0) is 6.42 Å². The highest BCUT2D eigenvalue weighted by Crippen LogP contribution is 2.37. The molecule has 1 aromatic heterocycles. The molecule has 0 fully saturated rings. The van der Waals surface area contributed by atoms with Crippen LogP contribution in [0.2, 0.25) is 0 Å². The molecule has 1 aliphatic heterocycles. The zero-order valence-electron chi connectivity index (χ0n) is 17.1. The lowest BCUT2D eigenvalue weighted by atomic mass is 10.0. The van der Waals surface area contributed by atoms with Gasteiger partial charge in [0.25, 0.3) is 0 Å². The maximum atomic E-state index is 6.62. The molecule has 0 atom stereocenters. The molecule has 154 valence electrons. The number of nitrogens with zero attached hydrogens (tertiary/aromatic N) is 4. The first kappa shape index (κ1) is 18.9. The molecule has 5 rings (SSSR count). The van der Waals surface area contributed by atoms with Gasteiger partial charge in [0.15, 0.2) is 11.6 Å². The van der Waals surface area contributed by atoms with Crippen LogP contribution < -0.4 is 21.1 Å². The number of rotatable bonds is 5. The summed E-state index contributed by atoms with van der Waals surface area (Å²) in [6.45, 7) is 0.874. The Morgan fingerprint density at radius 2 is 1.45 bits per heavy atom. The molecule has 3 N–H and O–H groups in total. The molecule has 0 amide bonds. The average molecular weight is 409 g/mol. The molecule has 0 aliphatic carbocycles. The van der Waals surface area contributed by atoms with Crippen LogP contribution in [-0.4, -0.2) is 16.5 Å². The predicted octanol–water partition coefficient (Wildman–Crippen LogP) is 5.31. The Hall–Kier alpha value is -4.06. The van der Waals surface area contributed by atoms with Crippen LogP contribution in [0.15, 0.2) is 91.3 Å². The van der Waals surface area contributed by atoms with Crippen LogP contribution in [0.25, 0.3) is 0 Å². The first-order valence-corrected chi connectivity index (χ1v) is 10.4. The molecule has 0 saturated heterocycles. The number of hydrogen-bond acceptors (Lipinski definition) is 6. The quantitative estimate of drug-likeness (QED) is 0.436. The number of nitrogens with two attached hydrogens (primary N) is 1. The van der Waals surface area contributed by atoms with Gasteiger partial charge in [-0.25, -0.2) is 9.97 Å². The minimum atomic E-state index is 0.524. The summed E-state index contributed by atoms with van der Waals surface area (Å²) in [5.74, 6) is 1.30. The second-order valence-electron chi connectivity index (χ2n) is 7.46. The van der Waals surface area contributed by atoms with Gasteiger partial charge in [-0.1, -0.05) is 54.6 Å². The van der Waals surface area contributed by atoms with Crippen LogP contribution in [0.4, 0.5) is 34.4 Å². The van der Waals surface area contributed by atoms with Crippen LogP contribution in [0, 0.1) is 0 Å². The van der Waals surface area contributed by atoms with Gasteiger partial charge in [0.1, 0.15) is 12.0 Å². The lowest BCUT2D eigenvalue weighted by Crippen LogP contribution is -2.29. The summed E-state index contributed by atoms with van der Waals surface area (Å²) >= 11 is 0. The maximum Gasteiger partial charge on any atom is 0.173 e. The number of para-hydroxylation sites is 3. The number of aromatic nitrogens is 2. The van der Waals surface area contributed by atoms with Crippen LogP contribution in [0.3, 0.4) is 0 Å². The third-order valence-electron chi connectivity index (χ3n) is 5.48. The molecule has 6 nitrogen and oxygen atoms in total. The summed E-state index contributed by atoms with van der Waals surface area (Å²) in [4.78, 5) is 11.2. The molecule has 3 aromatic carbocycles. The minimum Gasteiger partial charge on any atom is -0.393 e. The molecular weight excluding hydrogens is 384 g/mol. The molecule has 0 radical (unpaired) electrons. The minimum absolute atomic E-state index is 0.524. The Morgan fingerprint density at radius 3 is 2.16 bits per heavy atom. The monoisotopic (exact) mass is 408 g/mol. The van der Waals surface area contributed by atoms with Gasteiger partial charge in [-0.2, -0.15) is 0 Å². The van der Waals surface area contributed by atoms with Gasteiger partial charge in [-0.15, -0.1) is 0 Å². The fourth-order valence-electron chi connectivity index (χ4n) is 3.98. The van der Waals surface area contributed by atoms with Gasteiger partial charge in [0, 0.05) is 12.2 Å². The van der Waals surface area contributed by atoms with E-state index in [1.54, 1.807) is 6.33 Å². The van der Waals surface area contributed by atoms with E-state index in [0.29, 0.717) is 11.5 Å². The summed E-state index contributed by atoms with van der Waals surface area (Å²) in [5.41, 5.74) is 15.0. The zero-order chi connectivity index (χ0) is 21.0. The number of nitrogens with one attached hydrogen (secondary N) is 1. The second-order valence-corrected chi connectivity index (χ2v) is 7.46. The standard InChI is InChI=1S/C25H24N6/c26-23-24(29-31(20-12-3-1-4-13-20)21-14-5-2-6-15-21)27-18-28-25(23)30-17-9-11-19-10-7-8-16-22(19)30/h1-8,10,12-16,18H,9,11,17,26H2,(H,27,28,29). The summed E-state index contributed by atoms with van der Waals surface area (Å²) < 4.78 is 0. The van der Waals surface area contributed by atoms with Crippen molar-refractivity contribution in [2.45, 2.75) is 12.8 Å². The summed E-state index contributed by atoms with van der Waals surface area (Å²) in [7, 11) is 0. The number of anilines is 6. The van der Waals surface area contributed by atoms with E-state index in [4.69, 9.17) is 5.73 Å². The fraction of sp³-hybridized carbons (Fsp3) is 0.120. The van der Waals surface area contributed by atoms with E-state index in [9.17, 15) is 0 Å². The Kier molecular flexibility index (Phi) is 5.10. The highest BCUT2D eigenvalue weighted by atomic mass is 15.5. The predicted molar refractivity (Wildman–Crippen MR) is 127 cm³/mol. The molecule has 0 spiro atoms. The first-order valence-electron chi connectivity index (χ1n) is 10.4. The van der Waals surface area contributed by atoms with Crippen molar-refractivity contribution < 1.29 is 0 Å². The van der Waals surface area contributed by atoms with E-state index in [-0.39, 0.29) is 0 Å². The lowest BCUT2D eigenvalue weighted by molar-refractivity contribution is 0.759.